The molecule has 7 nitrogen and oxygen atoms in total. The summed E-state index contributed by atoms with van der Waals surface area (Å²) in [6, 6.07) is 12.2. The maximum Gasteiger partial charge on any atom is 0.268 e. The van der Waals surface area contributed by atoms with Crippen LogP contribution < -0.4 is 16.5 Å². The number of nitrogens with two attached hydrogens (primary N) is 1. The number of carbonyl (C=O) groups excluding carboxylic acids is 2. The van der Waals surface area contributed by atoms with Gasteiger partial charge in [-0.15, -0.1) is 0 Å². The Hall–Kier alpha value is -3.78. The number of aliphatic hydroxyl groups is 1. The zero-order valence-electron chi connectivity index (χ0n) is 15.1. The maximum atomic E-state index is 12.2. The summed E-state index contributed by atoms with van der Waals surface area (Å²) in [5.41, 5.74) is 9.40. The molecule has 0 aromatic heterocycles. The summed E-state index contributed by atoms with van der Waals surface area (Å²) in [6.07, 6.45) is -1.18. The molecule has 0 heterocycles. The fourth-order valence-electron chi connectivity index (χ4n) is 2.23. The highest BCUT2D eigenvalue weighted by atomic mass is 16.5. The molecule has 2 aromatic carbocycles. The summed E-state index contributed by atoms with van der Waals surface area (Å²) in [5, 5.41) is 20.6. The van der Waals surface area contributed by atoms with Crippen molar-refractivity contribution < 1.29 is 19.9 Å². The molecule has 7 heteroatoms. The van der Waals surface area contributed by atoms with Crippen molar-refractivity contribution in [3.63, 3.8) is 0 Å². The Morgan fingerprint density at radius 1 is 1.04 bits per heavy atom. The fourth-order valence-corrected chi connectivity index (χ4v) is 2.23. The lowest BCUT2D eigenvalue weighted by atomic mass is 10.1. The smallest absolute Gasteiger partial charge is 0.268 e. The summed E-state index contributed by atoms with van der Waals surface area (Å²) in [5.74, 6) is 9.71. The van der Waals surface area contributed by atoms with Gasteiger partial charge in [-0.05, 0) is 61.2 Å². The standard InChI is InChI=1S/C21H19N3O4/c1-14(25)19(21(27)24-28)23-20(26)17-11-9-15(10-12-17)5-2-3-6-16-7-4-8-18(22)13-16/h4,7-14,19,25,28H,22H2,1H3,(H,23,26)(H,24,27). The van der Waals surface area contributed by atoms with Crippen molar-refractivity contribution in [2.75, 3.05) is 5.73 Å². The van der Waals surface area contributed by atoms with Crippen molar-refractivity contribution in [3.05, 3.63) is 65.2 Å². The Labute approximate surface area is 162 Å². The lowest BCUT2D eigenvalue weighted by Gasteiger charge is -2.19. The average molecular weight is 377 g/mol. The average Bonchev–Trinajstić information content (AvgIpc) is 2.69. The lowest BCUT2D eigenvalue weighted by Crippen LogP contribution is -2.51. The van der Waals surface area contributed by atoms with Crippen LogP contribution in [0.2, 0.25) is 0 Å². The van der Waals surface area contributed by atoms with Gasteiger partial charge in [0.25, 0.3) is 11.8 Å². The largest absolute Gasteiger partial charge is 0.399 e. The van der Waals surface area contributed by atoms with Crippen LogP contribution in [0.5, 0.6) is 0 Å². The first-order valence-electron chi connectivity index (χ1n) is 8.31. The third-order valence-electron chi connectivity index (χ3n) is 3.67. The monoisotopic (exact) mass is 377 g/mol. The first kappa shape index (κ1) is 20.5. The molecular formula is C21H19N3O4. The van der Waals surface area contributed by atoms with Crippen LogP contribution in [0.3, 0.4) is 0 Å². The van der Waals surface area contributed by atoms with Crippen molar-refractivity contribution in [2.24, 2.45) is 0 Å². The van der Waals surface area contributed by atoms with Crippen LogP contribution in [-0.4, -0.2) is 34.3 Å². The molecular weight excluding hydrogens is 358 g/mol. The summed E-state index contributed by atoms with van der Waals surface area (Å²) in [6.45, 7) is 1.32. The molecule has 28 heavy (non-hydrogen) atoms. The molecule has 0 fully saturated rings. The fraction of sp³-hybridized carbons (Fsp3) is 0.143. The van der Waals surface area contributed by atoms with E-state index in [9.17, 15) is 14.7 Å². The number of carbonyl (C=O) groups is 2. The molecule has 2 aromatic rings. The highest BCUT2D eigenvalue weighted by molar-refractivity contribution is 5.97. The molecule has 0 radical (unpaired) electrons. The highest BCUT2D eigenvalue weighted by Gasteiger charge is 2.25. The van der Waals surface area contributed by atoms with E-state index >= 15 is 0 Å². The van der Waals surface area contributed by atoms with E-state index in [1.807, 2.05) is 12.1 Å². The number of nitrogens with one attached hydrogen (secondary N) is 2. The van der Waals surface area contributed by atoms with E-state index in [0.717, 1.165) is 5.56 Å². The Morgan fingerprint density at radius 3 is 2.25 bits per heavy atom. The topological polar surface area (TPSA) is 125 Å². The van der Waals surface area contributed by atoms with Gasteiger partial charge in [0.15, 0.2) is 0 Å². The molecule has 2 amide bonds. The minimum absolute atomic E-state index is 0.271. The predicted molar refractivity (Wildman–Crippen MR) is 104 cm³/mol. The van der Waals surface area contributed by atoms with Gasteiger partial charge in [-0.3, -0.25) is 14.8 Å². The summed E-state index contributed by atoms with van der Waals surface area (Å²) >= 11 is 0. The quantitative estimate of drug-likeness (QED) is 0.232. The first-order valence-corrected chi connectivity index (χ1v) is 8.31. The molecule has 0 saturated carbocycles. The number of aliphatic hydroxyl groups excluding tert-OH is 1. The normalized spacial score (nSPS) is 11.7. The molecule has 0 aliphatic rings. The predicted octanol–water partition coefficient (Wildman–Crippen LogP) is 0.657. The molecule has 6 N–H and O–H groups in total. The molecule has 0 spiro atoms. The van der Waals surface area contributed by atoms with Crippen LogP contribution in [0.15, 0.2) is 48.5 Å². The van der Waals surface area contributed by atoms with Crippen LogP contribution in [0, 0.1) is 23.7 Å². The van der Waals surface area contributed by atoms with E-state index in [4.69, 9.17) is 10.9 Å². The van der Waals surface area contributed by atoms with Gasteiger partial charge < -0.3 is 16.2 Å². The van der Waals surface area contributed by atoms with E-state index in [2.05, 4.69) is 29.0 Å². The minimum atomic E-state index is -1.28. The SMILES string of the molecule is CC(O)C(NC(=O)c1ccc(C#CC#Cc2cccc(N)c2)cc1)C(=O)NO. The van der Waals surface area contributed by atoms with Gasteiger partial charge in [0.05, 0.1) is 6.10 Å². The minimum Gasteiger partial charge on any atom is -0.399 e. The number of rotatable bonds is 4. The van der Waals surface area contributed by atoms with Gasteiger partial charge in [0.2, 0.25) is 0 Å². The zero-order chi connectivity index (χ0) is 20.5. The van der Waals surface area contributed by atoms with E-state index in [0.29, 0.717) is 11.3 Å². The second-order valence-corrected chi connectivity index (χ2v) is 5.87. The number of nitrogen functional groups attached to an aromatic ring is 1. The second kappa shape index (κ2) is 9.79. The maximum absolute atomic E-state index is 12.2. The molecule has 0 aliphatic heterocycles. The molecule has 0 bridgehead atoms. The number of benzene rings is 2. The molecule has 2 rings (SSSR count). The van der Waals surface area contributed by atoms with Crippen LogP contribution >= 0.6 is 0 Å². The number of amides is 2. The Kier molecular flexibility index (Phi) is 7.18. The molecule has 2 atom stereocenters. The number of anilines is 1. The summed E-state index contributed by atoms with van der Waals surface area (Å²) in [4.78, 5) is 23.7. The van der Waals surface area contributed by atoms with E-state index in [1.54, 1.807) is 24.3 Å². The molecule has 142 valence electrons. The van der Waals surface area contributed by atoms with Gasteiger partial charge in [0, 0.05) is 22.4 Å². The van der Waals surface area contributed by atoms with Crippen LogP contribution in [0.4, 0.5) is 5.69 Å². The van der Waals surface area contributed by atoms with Crippen LogP contribution in [-0.2, 0) is 4.79 Å². The third-order valence-corrected chi connectivity index (χ3v) is 3.67. The summed E-state index contributed by atoms with van der Waals surface area (Å²) < 4.78 is 0. The van der Waals surface area contributed by atoms with Gasteiger partial charge in [0.1, 0.15) is 6.04 Å². The summed E-state index contributed by atoms with van der Waals surface area (Å²) in [7, 11) is 0. The number of hydrogen-bond acceptors (Lipinski definition) is 5. The van der Waals surface area contributed by atoms with E-state index < -0.39 is 24.0 Å². The van der Waals surface area contributed by atoms with Crippen LogP contribution in [0.25, 0.3) is 0 Å². The van der Waals surface area contributed by atoms with Crippen molar-refractivity contribution in [3.8, 4) is 23.7 Å². The number of hydroxylamine groups is 1. The Balaban J connectivity index is 2.04. The van der Waals surface area contributed by atoms with Crippen molar-refractivity contribution in [1.29, 1.82) is 0 Å². The van der Waals surface area contributed by atoms with Crippen LogP contribution in [0.1, 0.15) is 28.4 Å². The second-order valence-electron chi connectivity index (χ2n) is 5.87. The van der Waals surface area contributed by atoms with E-state index in [1.165, 1.54) is 24.5 Å². The van der Waals surface area contributed by atoms with Crippen molar-refractivity contribution >= 4 is 17.5 Å². The number of hydrogen-bond donors (Lipinski definition) is 5. The lowest BCUT2D eigenvalue weighted by molar-refractivity contribution is -0.133. The van der Waals surface area contributed by atoms with Crippen molar-refractivity contribution in [1.82, 2.24) is 10.8 Å². The molecule has 2 unspecified atom stereocenters. The Morgan fingerprint density at radius 2 is 1.68 bits per heavy atom. The van der Waals surface area contributed by atoms with Gasteiger partial charge in [-0.1, -0.05) is 17.9 Å². The van der Waals surface area contributed by atoms with Gasteiger partial charge >= 0.3 is 0 Å². The van der Waals surface area contributed by atoms with E-state index in [-0.39, 0.29) is 5.56 Å². The van der Waals surface area contributed by atoms with Crippen molar-refractivity contribution in [2.45, 2.75) is 19.1 Å². The first-order chi connectivity index (χ1) is 13.4. The molecule has 0 saturated heterocycles. The highest BCUT2D eigenvalue weighted by Crippen LogP contribution is 2.06. The van der Waals surface area contributed by atoms with Gasteiger partial charge in [-0.2, -0.15) is 0 Å². The third kappa shape index (κ3) is 5.89. The molecule has 0 aliphatic carbocycles. The Bertz CT molecular complexity index is 976. The van der Waals surface area contributed by atoms with Gasteiger partial charge in [-0.25, -0.2) is 5.48 Å². The zero-order valence-corrected chi connectivity index (χ0v) is 15.1.